The Labute approximate surface area is 126 Å². The van der Waals surface area contributed by atoms with Crippen LogP contribution in [0.3, 0.4) is 0 Å². The molecule has 0 aliphatic rings. The summed E-state index contributed by atoms with van der Waals surface area (Å²) in [5.41, 5.74) is 0. The van der Waals surface area contributed by atoms with Crippen molar-refractivity contribution in [2.45, 2.75) is 18.7 Å². The molecule has 0 aromatic heterocycles. The lowest BCUT2D eigenvalue weighted by Gasteiger charge is -2.22. The third-order valence-corrected chi connectivity index (χ3v) is 5.38. The molecule has 0 radical (unpaired) electrons. The minimum Gasteiger partial charge on any atom is -0.481 e. The first kappa shape index (κ1) is 16.4. The summed E-state index contributed by atoms with van der Waals surface area (Å²) in [5.74, 6) is -1.74. The van der Waals surface area contributed by atoms with E-state index < -0.39 is 21.9 Å². The van der Waals surface area contributed by atoms with E-state index in [2.05, 4.69) is 22.6 Å². The Morgan fingerprint density at radius 2 is 1.89 bits per heavy atom. The highest BCUT2D eigenvalue weighted by molar-refractivity contribution is 14.1. The summed E-state index contributed by atoms with van der Waals surface area (Å²) in [5, 5.41) is 8.88. The minimum atomic E-state index is -3.63. The summed E-state index contributed by atoms with van der Waals surface area (Å²) in [7, 11) is -3.63. The Morgan fingerprint density at radius 1 is 1.37 bits per heavy atom. The number of sulfonamides is 1. The molecule has 0 saturated heterocycles. The molecule has 1 aromatic carbocycles. The van der Waals surface area contributed by atoms with Gasteiger partial charge in [0.2, 0.25) is 10.0 Å². The number of aliphatic carboxylic acids is 1. The van der Waals surface area contributed by atoms with Gasteiger partial charge in [0.15, 0.2) is 0 Å². The van der Waals surface area contributed by atoms with Crippen molar-refractivity contribution in [2.24, 2.45) is 5.92 Å². The van der Waals surface area contributed by atoms with Crippen molar-refractivity contribution in [1.29, 1.82) is 0 Å². The van der Waals surface area contributed by atoms with Gasteiger partial charge in [-0.3, -0.25) is 4.79 Å². The average molecular weight is 397 g/mol. The topological polar surface area (TPSA) is 74.7 Å². The van der Waals surface area contributed by atoms with E-state index in [-0.39, 0.29) is 18.0 Å². The number of halogens is 1. The molecular weight excluding hydrogens is 381 g/mol. The molecule has 0 heterocycles. The summed E-state index contributed by atoms with van der Waals surface area (Å²) in [6.45, 7) is 3.40. The van der Waals surface area contributed by atoms with Crippen LogP contribution in [0, 0.1) is 9.49 Å². The van der Waals surface area contributed by atoms with E-state index >= 15 is 0 Å². The van der Waals surface area contributed by atoms with E-state index in [1.165, 1.54) is 23.4 Å². The molecule has 0 saturated carbocycles. The molecule has 1 atom stereocenters. The number of hydrogen-bond donors (Lipinski definition) is 1. The number of carbonyl (C=O) groups is 1. The van der Waals surface area contributed by atoms with E-state index in [0.29, 0.717) is 0 Å². The van der Waals surface area contributed by atoms with Crippen molar-refractivity contribution < 1.29 is 18.3 Å². The quantitative estimate of drug-likeness (QED) is 0.746. The Balaban J connectivity index is 3.02. The molecule has 1 rings (SSSR count). The molecule has 0 aliphatic heterocycles. The monoisotopic (exact) mass is 397 g/mol. The number of hydrogen-bond acceptors (Lipinski definition) is 3. The van der Waals surface area contributed by atoms with Crippen LogP contribution in [0.5, 0.6) is 0 Å². The fourth-order valence-corrected chi connectivity index (χ4v) is 3.43. The van der Waals surface area contributed by atoms with E-state index in [1.54, 1.807) is 19.1 Å². The van der Waals surface area contributed by atoms with Gasteiger partial charge >= 0.3 is 5.97 Å². The fraction of sp³-hybridized carbons (Fsp3) is 0.417. The first-order valence-electron chi connectivity index (χ1n) is 5.77. The highest BCUT2D eigenvalue weighted by Crippen LogP contribution is 2.18. The van der Waals surface area contributed by atoms with E-state index in [9.17, 15) is 13.2 Å². The standard InChI is InChI=1S/C12H16INO4S/c1-3-14(8-9(2)12(15)16)19(17,18)11-6-4-10(13)5-7-11/h4-7,9H,3,8H2,1-2H3,(H,15,16). The Morgan fingerprint density at radius 3 is 2.32 bits per heavy atom. The zero-order chi connectivity index (χ0) is 14.6. The number of nitrogens with zero attached hydrogens (tertiary/aromatic N) is 1. The molecule has 7 heteroatoms. The van der Waals surface area contributed by atoms with Crippen LogP contribution in [-0.4, -0.2) is 36.9 Å². The third-order valence-electron chi connectivity index (χ3n) is 2.70. The molecule has 0 aliphatic carbocycles. The van der Waals surface area contributed by atoms with Crippen LogP contribution < -0.4 is 0 Å². The lowest BCUT2D eigenvalue weighted by atomic mass is 10.2. The average Bonchev–Trinajstić information content (AvgIpc) is 2.35. The second kappa shape index (κ2) is 6.67. The maximum atomic E-state index is 12.4. The largest absolute Gasteiger partial charge is 0.481 e. The van der Waals surface area contributed by atoms with Gasteiger partial charge < -0.3 is 5.11 Å². The summed E-state index contributed by atoms with van der Waals surface area (Å²) in [6, 6.07) is 6.49. The van der Waals surface area contributed by atoms with Crippen LogP contribution >= 0.6 is 22.6 Å². The van der Waals surface area contributed by atoms with Gasteiger partial charge in [-0.25, -0.2) is 8.42 Å². The van der Waals surface area contributed by atoms with E-state index in [4.69, 9.17) is 5.11 Å². The smallest absolute Gasteiger partial charge is 0.307 e. The van der Waals surface area contributed by atoms with E-state index in [0.717, 1.165) is 3.57 Å². The van der Waals surface area contributed by atoms with Gasteiger partial charge in [0, 0.05) is 16.7 Å². The molecule has 0 bridgehead atoms. The van der Waals surface area contributed by atoms with Gasteiger partial charge in [-0.1, -0.05) is 13.8 Å². The predicted octanol–water partition coefficient (Wildman–Crippen LogP) is 2.02. The fourth-order valence-electron chi connectivity index (χ4n) is 1.54. The highest BCUT2D eigenvalue weighted by Gasteiger charge is 2.26. The van der Waals surface area contributed by atoms with Crippen molar-refractivity contribution in [2.75, 3.05) is 13.1 Å². The maximum Gasteiger partial charge on any atom is 0.307 e. The van der Waals surface area contributed by atoms with E-state index in [1.807, 2.05) is 0 Å². The van der Waals surface area contributed by atoms with Crippen molar-refractivity contribution in [3.8, 4) is 0 Å². The van der Waals surface area contributed by atoms with Gasteiger partial charge in [-0.05, 0) is 46.9 Å². The molecule has 5 nitrogen and oxygen atoms in total. The van der Waals surface area contributed by atoms with Crippen LogP contribution in [0.1, 0.15) is 13.8 Å². The number of benzene rings is 1. The van der Waals surface area contributed by atoms with Gasteiger partial charge in [0.1, 0.15) is 0 Å². The molecule has 106 valence electrons. The van der Waals surface area contributed by atoms with Crippen molar-refractivity contribution in [3.63, 3.8) is 0 Å². The van der Waals surface area contributed by atoms with Crippen LogP contribution in [0.15, 0.2) is 29.2 Å². The number of carboxylic acids is 1. The zero-order valence-corrected chi connectivity index (χ0v) is 13.7. The SMILES string of the molecule is CCN(CC(C)C(=O)O)S(=O)(=O)c1ccc(I)cc1. The summed E-state index contributed by atoms with van der Waals surface area (Å²) in [6.07, 6.45) is 0. The second-order valence-corrected chi connectivity index (χ2v) is 7.33. The molecule has 1 unspecified atom stereocenters. The molecule has 0 spiro atoms. The minimum absolute atomic E-state index is 0.0276. The summed E-state index contributed by atoms with van der Waals surface area (Å²) in [4.78, 5) is 11.0. The Hall–Kier alpha value is -0.670. The molecular formula is C12H16INO4S. The predicted molar refractivity (Wildman–Crippen MR) is 80.4 cm³/mol. The van der Waals surface area contributed by atoms with Gasteiger partial charge in [-0.2, -0.15) is 4.31 Å². The van der Waals surface area contributed by atoms with Crippen molar-refractivity contribution >= 4 is 38.6 Å². The van der Waals surface area contributed by atoms with Crippen LogP contribution in [0.2, 0.25) is 0 Å². The Bertz CT molecular complexity index is 541. The molecule has 19 heavy (non-hydrogen) atoms. The van der Waals surface area contributed by atoms with Gasteiger partial charge in [0.05, 0.1) is 10.8 Å². The molecule has 0 amide bonds. The van der Waals surface area contributed by atoms with Crippen molar-refractivity contribution in [1.82, 2.24) is 4.31 Å². The van der Waals surface area contributed by atoms with Gasteiger partial charge in [0.25, 0.3) is 0 Å². The Kier molecular flexibility index (Phi) is 5.75. The first-order chi connectivity index (χ1) is 8.78. The second-order valence-electron chi connectivity index (χ2n) is 4.15. The number of rotatable bonds is 6. The lowest BCUT2D eigenvalue weighted by molar-refractivity contribution is -0.141. The highest BCUT2D eigenvalue weighted by atomic mass is 127. The summed E-state index contributed by atoms with van der Waals surface area (Å²) >= 11 is 2.09. The van der Waals surface area contributed by atoms with Crippen molar-refractivity contribution in [3.05, 3.63) is 27.8 Å². The summed E-state index contributed by atoms with van der Waals surface area (Å²) < 4.78 is 26.9. The maximum absolute atomic E-state index is 12.4. The molecule has 0 fully saturated rings. The molecule has 1 aromatic rings. The van der Waals surface area contributed by atoms with Gasteiger partial charge in [-0.15, -0.1) is 0 Å². The first-order valence-corrected chi connectivity index (χ1v) is 8.29. The van der Waals surface area contributed by atoms with Crippen LogP contribution in [0.4, 0.5) is 0 Å². The number of carboxylic acid groups (broad SMARTS) is 1. The van der Waals surface area contributed by atoms with Crippen LogP contribution in [-0.2, 0) is 14.8 Å². The zero-order valence-electron chi connectivity index (χ0n) is 10.7. The van der Waals surface area contributed by atoms with Crippen LogP contribution in [0.25, 0.3) is 0 Å². The normalized spacial score (nSPS) is 13.5. The lowest BCUT2D eigenvalue weighted by Crippen LogP contribution is -2.36. The third kappa shape index (κ3) is 4.15. The molecule has 1 N–H and O–H groups in total.